The minimum absolute atomic E-state index is 0.123. The van der Waals surface area contributed by atoms with Crippen molar-refractivity contribution in [2.45, 2.75) is 50.7 Å². The molecule has 0 amide bonds. The fourth-order valence-corrected chi connectivity index (χ4v) is 2.46. The normalized spacial score (nSPS) is 36.8. The van der Waals surface area contributed by atoms with Crippen molar-refractivity contribution < 1.29 is 4.74 Å². The number of piperidine rings is 1. The molecule has 1 saturated heterocycles. The predicted molar refractivity (Wildman–Crippen MR) is 61.8 cm³/mol. The van der Waals surface area contributed by atoms with Crippen molar-refractivity contribution in [3.05, 3.63) is 0 Å². The van der Waals surface area contributed by atoms with Crippen molar-refractivity contribution in [3.8, 4) is 0 Å². The highest BCUT2D eigenvalue weighted by Crippen LogP contribution is 2.31. The Morgan fingerprint density at radius 3 is 2.87 bits per heavy atom. The minimum atomic E-state index is -0.123. The number of hydrogen-bond acceptors (Lipinski definition) is 3. The van der Waals surface area contributed by atoms with Crippen LogP contribution in [0.25, 0.3) is 0 Å². The van der Waals surface area contributed by atoms with Crippen molar-refractivity contribution in [1.82, 2.24) is 5.32 Å². The highest BCUT2D eigenvalue weighted by Gasteiger charge is 2.38. The molecule has 1 aliphatic heterocycles. The van der Waals surface area contributed by atoms with Crippen LogP contribution in [0.15, 0.2) is 0 Å². The quantitative estimate of drug-likeness (QED) is 0.721. The largest absolute Gasteiger partial charge is 0.376 e. The van der Waals surface area contributed by atoms with E-state index in [1.165, 1.54) is 12.8 Å². The van der Waals surface area contributed by atoms with Crippen LogP contribution in [0.3, 0.4) is 0 Å². The van der Waals surface area contributed by atoms with Crippen molar-refractivity contribution in [2.75, 3.05) is 19.7 Å². The SMILES string of the molecule is CCCC1(N)CNCCC1OCC1CC1. The first-order chi connectivity index (χ1) is 7.24. The molecule has 3 heteroatoms. The van der Waals surface area contributed by atoms with Gasteiger partial charge in [-0.15, -0.1) is 0 Å². The number of nitrogens with two attached hydrogens (primary N) is 1. The van der Waals surface area contributed by atoms with E-state index < -0.39 is 0 Å². The third-order valence-electron chi connectivity index (χ3n) is 3.62. The fraction of sp³-hybridized carbons (Fsp3) is 1.00. The van der Waals surface area contributed by atoms with Crippen molar-refractivity contribution in [1.29, 1.82) is 0 Å². The summed E-state index contributed by atoms with van der Waals surface area (Å²) in [5.74, 6) is 0.839. The molecule has 2 fully saturated rings. The Morgan fingerprint density at radius 2 is 2.20 bits per heavy atom. The Bertz CT molecular complexity index is 202. The standard InChI is InChI=1S/C12H24N2O/c1-2-6-12(13)9-14-7-5-11(12)15-8-10-3-4-10/h10-11,14H,2-9,13H2,1H3. The maximum Gasteiger partial charge on any atom is 0.0779 e. The summed E-state index contributed by atoms with van der Waals surface area (Å²) in [5.41, 5.74) is 6.31. The van der Waals surface area contributed by atoms with Gasteiger partial charge in [-0.25, -0.2) is 0 Å². The van der Waals surface area contributed by atoms with Gasteiger partial charge in [-0.2, -0.15) is 0 Å². The Morgan fingerprint density at radius 1 is 1.40 bits per heavy atom. The molecule has 0 spiro atoms. The van der Waals surface area contributed by atoms with Gasteiger partial charge in [0.2, 0.25) is 0 Å². The number of hydrogen-bond donors (Lipinski definition) is 2. The first-order valence-electron chi connectivity index (χ1n) is 6.36. The second-order valence-corrected chi connectivity index (χ2v) is 5.21. The van der Waals surface area contributed by atoms with Gasteiger partial charge in [-0.05, 0) is 38.1 Å². The van der Waals surface area contributed by atoms with E-state index in [0.717, 1.165) is 44.9 Å². The van der Waals surface area contributed by atoms with Crippen LogP contribution in [0.1, 0.15) is 39.0 Å². The number of nitrogens with one attached hydrogen (secondary N) is 1. The van der Waals surface area contributed by atoms with Crippen molar-refractivity contribution >= 4 is 0 Å². The summed E-state index contributed by atoms with van der Waals surface area (Å²) in [4.78, 5) is 0. The smallest absolute Gasteiger partial charge is 0.0779 e. The van der Waals surface area contributed by atoms with Gasteiger partial charge in [0.05, 0.1) is 11.6 Å². The summed E-state index contributed by atoms with van der Waals surface area (Å²) in [5, 5.41) is 3.39. The van der Waals surface area contributed by atoms with Gasteiger partial charge in [0.15, 0.2) is 0 Å². The third kappa shape index (κ3) is 2.92. The van der Waals surface area contributed by atoms with E-state index in [2.05, 4.69) is 12.2 Å². The molecule has 2 unspecified atom stereocenters. The van der Waals surface area contributed by atoms with E-state index in [-0.39, 0.29) is 11.6 Å². The number of rotatable bonds is 5. The summed E-state index contributed by atoms with van der Waals surface area (Å²) in [6.07, 6.45) is 6.27. The molecule has 15 heavy (non-hydrogen) atoms. The average molecular weight is 212 g/mol. The Hall–Kier alpha value is -0.120. The monoisotopic (exact) mass is 212 g/mol. The Balaban J connectivity index is 1.85. The van der Waals surface area contributed by atoms with E-state index in [9.17, 15) is 0 Å². The lowest BCUT2D eigenvalue weighted by Gasteiger charge is -2.41. The summed E-state index contributed by atoms with van der Waals surface area (Å²) < 4.78 is 6.01. The zero-order valence-corrected chi connectivity index (χ0v) is 9.80. The molecule has 0 aromatic rings. The van der Waals surface area contributed by atoms with Gasteiger partial charge in [-0.3, -0.25) is 0 Å². The highest BCUT2D eigenvalue weighted by atomic mass is 16.5. The van der Waals surface area contributed by atoms with Crippen LogP contribution in [0.2, 0.25) is 0 Å². The zero-order valence-electron chi connectivity index (χ0n) is 9.80. The Labute approximate surface area is 92.7 Å². The fourth-order valence-electron chi connectivity index (χ4n) is 2.46. The topological polar surface area (TPSA) is 47.3 Å². The van der Waals surface area contributed by atoms with E-state index in [4.69, 9.17) is 10.5 Å². The van der Waals surface area contributed by atoms with Crippen molar-refractivity contribution in [2.24, 2.45) is 11.7 Å². The molecule has 0 aromatic heterocycles. The number of ether oxygens (including phenoxy) is 1. The van der Waals surface area contributed by atoms with Crippen LogP contribution >= 0.6 is 0 Å². The second kappa shape index (κ2) is 4.81. The van der Waals surface area contributed by atoms with Crippen molar-refractivity contribution in [3.63, 3.8) is 0 Å². The maximum atomic E-state index is 6.43. The van der Waals surface area contributed by atoms with Gasteiger partial charge in [-0.1, -0.05) is 13.3 Å². The van der Waals surface area contributed by atoms with E-state index in [1.807, 2.05) is 0 Å². The second-order valence-electron chi connectivity index (χ2n) is 5.21. The average Bonchev–Trinajstić information content (AvgIpc) is 3.00. The molecule has 0 bridgehead atoms. The third-order valence-corrected chi connectivity index (χ3v) is 3.62. The van der Waals surface area contributed by atoms with E-state index in [0.29, 0.717) is 0 Å². The van der Waals surface area contributed by atoms with Crippen LogP contribution in [0.5, 0.6) is 0 Å². The van der Waals surface area contributed by atoms with Gasteiger partial charge in [0.25, 0.3) is 0 Å². The van der Waals surface area contributed by atoms with Crippen LogP contribution in [0, 0.1) is 5.92 Å². The molecule has 2 rings (SSSR count). The summed E-state index contributed by atoms with van der Waals surface area (Å²) in [6.45, 7) is 5.10. The van der Waals surface area contributed by atoms with Gasteiger partial charge < -0.3 is 15.8 Å². The summed E-state index contributed by atoms with van der Waals surface area (Å²) in [7, 11) is 0. The van der Waals surface area contributed by atoms with Crippen LogP contribution in [-0.2, 0) is 4.74 Å². The molecule has 2 aliphatic rings. The van der Waals surface area contributed by atoms with E-state index in [1.54, 1.807) is 0 Å². The molecule has 3 N–H and O–H groups in total. The predicted octanol–water partition coefficient (Wildman–Crippen LogP) is 1.27. The molecule has 0 radical (unpaired) electrons. The molecule has 0 aromatic carbocycles. The first kappa shape index (κ1) is 11.4. The molecular formula is C12H24N2O. The molecule has 1 aliphatic carbocycles. The zero-order chi connectivity index (χ0) is 10.7. The molecule has 3 nitrogen and oxygen atoms in total. The first-order valence-corrected chi connectivity index (χ1v) is 6.36. The highest BCUT2D eigenvalue weighted by molar-refractivity contribution is 4.98. The lowest BCUT2D eigenvalue weighted by Crippen LogP contribution is -2.62. The van der Waals surface area contributed by atoms with Gasteiger partial charge >= 0.3 is 0 Å². The minimum Gasteiger partial charge on any atom is -0.376 e. The molecule has 1 heterocycles. The molecular weight excluding hydrogens is 188 g/mol. The summed E-state index contributed by atoms with van der Waals surface area (Å²) in [6, 6.07) is 0. The molecule has 88 valence electrons. The lowest BCUT2D eigenvalue weighted by molar-refractivity contribution is -0.0265. The molecule has 2 atom stereocenters. The molecule has 1 saturated carbocycles. The maximum absolute atomic E-state index is 6.43. The van der Waals surface area contributed by atoms with Gasteiger partial charge in [0.1, 0.15) is 0 Å². The van der Waals surface area contributed by atoms with Crippen LogP contribution < -0.4 is 11.1 Å². The van der Waals surface area contributed by atoms with Crippen LogP contribution in [-0.4, -0.2) is 31.3 Å². The lowest BCUT2D eigenvalue weighted by atomic mass is 9.84. The van der Waals surface area contributed by atoms with Gasteiger partial charge in [0, 0.05) is 13.2 Å². The Kier molecular flexibility index (Phi) is 3.65. The van der Waals surface area contributed by atoms with Crippen LogP contribution in [0.4, 0.5) is 0 Å². The van der Waals surface area contributed by atoms with E-state index >= 15 is 0 Å². The summed E-state index contributed by atoms with van der Waals surface area (Å²) >= 11 is 0.